The van der Waals surface area contributed by atoms with Gasteiger partial charge in [-0.2, -0.15) is 13.1 Å². The Labute approximate surface area is 343 Å². The minimum absolute atomic E-state index is 0.00715. The molecule has 3 unspecified atom stereocenters. The molecule has 2 aromatic heterocycles. The number of nitrogens with two attached hydrogens (primary N) is 1. The number of nitrogen functional groups attached to an aromatic ring is 1. The van der Waals surface area contributed by atoms with Crippen LogP contribution in [0.5, 0.6) is 0 Å². The van der Waals surface area contributed by atoms with Crippen molar-refractivity contribution in [2.75, 3.05) is 37.8 Å². The lowest BCUT2D eigenvalue weighted by atomic mass is 9.87. The fraction of sp³-hybridized carbons (Fsp3) is 0.655. The molecule has 0 radical (unpaired) electrons. The van der Waals surface area contributed by atoms with Gasteiger partial charge in [-0.15, -0.1) is 0 Å². The average Bonchev–Trinajstić information content (AvgIpc) is 3.71. The zero-order valence-electron chi connectivity index (χ0n) is 31.9. The number of phosphoric ester groups is 3. The highest BCUT2D eigenvalue weighted by Gasteiger charge is 2.50. The molecule has 0 aliphatic carbocycles. The van der Waals surface area contributed by atoms with Gasteiger partial charge in [0.15, 0.2) is 17.7 Å². The number of allylic oxidation sites excluding steroid dienone is 1. The first-order valence-electron chi connectivity index (χ1n) is 17.5. The third-order valence-corrected chi connectivity index (χ3v) is 12.2. The molecule has 3 heterocycles. The number of aromatic nitrogens is 4. The first-order chi connectivity index (χ1) is 27.7. The smallest absolute Gasteiger partial charge is 0.386 e. The van der Waals surface area contributed by atoms with E-state index in [1.807, 2.05) is 0 Å². The van der Waals surface area contributed by atoms with E-state index in [0.717, 1.165) is 23.3 Å². The van der Waals surface area contributed by atoms with Crippen LogP contribution in [0.25, 0.3) is 11.2 Å². The summed E-state index contributed by atoms with van der Waals surface area (Å²) in [6.07, 6.45) is -6.42. The Balaban J connectivity index is 1.46. The van der Waals surface area contributed by atoms with Crippen molar-refractivity contribution in [3.05, 3.63) is 24.8 Å². The number of fused-ring (bicyclic) bond motifs is 1. The van der Waals surface area contributed by atoms with Crippen LogP contribution in [0, 0.1) is 5.41 Å². The van der Waals surface area contributed by atoms with Gasteiger partial charge in [-0.05, 0) is 6.42 Å². The Morgan fingerprint density at radius 2 is 1.73 bits per heavy atom. The van der Waals surface area contributed by atoms with E-state index in [4.69, 9.17) is 19.5 Å². The van der Waals surface area contributed by atoms with E-state index in [-0.39, 0.29) is 54.0 Å². The third kappa shape index (κ3) is 14.9. The Kier molecular flexibility index (Phi) is 18.4. The number of anilines is 1. The van der Waals surface area contributed by atoms with Crippen molar-refractivity contribution < 1.29 is 94.4 Å². The van der Waals surface area contributed by atoms with E-state index in [1.54, 1.807) is 6.92 Å². The first kappa shape index (κ1) is 51.5. The number of aliphatic hydroxyl groups excluding tert-OH is 3. The van der Waals surface area contributed by atoms with Crippen molar-refractivity contribution in [2.24, 2.45) is 5.41 Å². The number of halogens is 2. The van der Waals surface area contributed by atoms with Crippen molar-refractivity contribution >= 4 is 69.1 Å². The number of thioether (sulfide) groups is 1. The highest BCUT2D eigenvalue weighted by atomic mass is 32.2. The predicted octanol–water partition coefficient (Wildman–Crippen LogP) is 0.0172. The number of carbonyl (C=O) groups excluding carboxylic acids is 3. The van der Waals surface area contributed by atoms with Gasteiger partial charge in [0.2, 0.25) is 11.8 Å². The molecule has 25 nitrogen and oxygen atoms in total. The molecule has 340 valence electrons. The van der Waals surface area contributed by atoms with E-state index in [0.29, 0.717) is 12.8 Å². The lowest BCUT2D eigenvalue weighted by Crippen LogP contribution is -2.46. The van der Waals surface area contributed by atoms with Crippen LogP contribution in [0.4, 0.5) is 14.6 Å². The van der Waals surface area contributed by atoms with Crippen LogP contribution in [0.3, 0.4) is 0 Å². The summed E-state index contributed by atoms with van der Waals surface area (Å²) < 4.78 is 90.1. The molecule has 11 N–H and O–H groups in total. The van der Waals surface area contributed by atoms with Crippen molar-refractivity contribution in [2.45, 2.75) is 82.7 Å². The molecule has 2 amide bonds. The van der Waals surface area contributed by atoms with Crippen LogP contribution in [-0.2, 0) is 50.7 Å². The summed E-state index contributed by atoms with van der Waals surface area (Å²) in [5, 5.41) is 34.0. The zero-order chi connectivity index (χ0) is 45.3. The lowest BCUT2D eigenvalue weighted by molar-refractivity contribution is -0.145. The van der Waals surface area contributed by atoms with Crippen molar-refractivity contribution in [1.82, 2.24) is 30.2 Å². The number of imidazole rings is 1. The SMILES string of the molecule is CCC/C=C/C(O)C(F)(F)C(=O)SCCNC(=O)CCNC(=O)[C@H](O)C(C)(C)COP(=O)(O)OP(=O)(O)OC[C@H]1O[C@@H](n2cnc3c(N)ncnc32)[C@H](O)[C@@H]1OP(=O)(O)O. The van der Waals surface area contributed by atoms with E-state index in [1.165, 1.54) is 19.9 Å². The normalized spacial score (nSPS) is 22.0. The van der Waals surface area contributed by atoms with Gasteiger partial charge in [0.25, 0.3) is 5.12 Å². The van der Waals surface area contributed by atoms with Crippen LogP contribution in [-0.4, -0.2) is 140 Å². The second-order valence-electron chi connectivity index (χ2n) is 13.5. The number of ether oxygens (including phenoxy) is 1. The quantitative estimate of drug-likeness (QED) is 0.0377. The van der Waals surface area contributed by atoms with Gasteiger partial charge in [0.05, 0.1) is 19.5 Å². The molecular weight excluding hydrogens is 897 g/mol. The Morgan fingerprint density at radius 3 is 2.38 bits per heavy atom. The molecule has 31 heteroatoms. The van der Waals surface area contributed by atoms with Gasteiger partial charge < -0.3 is 56.0 Å². The summed E-state index contributed by atoms with van der Waals surface area (Å²) in [6, 6.07) is 0. The Morgan fingerprint density at radius 1 is 1.07 bits per heavy atom. The number of alkyl halides is 2. The maximum atomic E-state index is 14.1. The van der Waals surface area contributed by atoms with Crippen LogP contribution < -0.4 is 16.4 Å². The molecule has 3 rings (SSSR count). The standard InChI is InChI=1S/C29H46F2N7O18P3S/c1-4-5-6-7-17(39)29(30,31)27(44)60-11-10-33-18(40)8-9-34-25(43)22(42)28(2,3)13-53-59(50,51)56-58(48,49)52-12-16-21(55-57(45,46)47)20(41)26(54-16)38-15-37-19-23(32)35-14-36-24(19)38/h6-7,14-17,20-22,26,39,41-42H,4-5,8-13H2,1-3H3,(H,33,40)(H,34,43)(H,48,49)(H,50,51)(H2,32,35,36)(H2,45,46,47)/b7-6+/t16-,17?,20-,21-,22+,26-/m1/s1. The van der Waals surface area contributed by atoms with Crippen molar-refractivity contribution in [1.29, 1.82) is 0 Å². The summed E-state index contributed by atoms with van der Waals surface area (Å²) >= 11 is 0.201. The average molecular weight is 944 g/mol. The van der Waals surface area contributed by atoms with E-state index >= 15 is 0 Å². The second kappa shape index (κ2) is 21.5. The number of hydrogen-bond donors (Lipinski definition) is 10. The van der Waals surface area contributed by atoms with Crippen LogP contribution in [0.1, 0.15) is 46.3 Å². The molecule has 1 aliphatic rings. The third-order valence-electron chi connectivity index (χ3n) is 8.15. The number of carbonyl (C=O) groups is 3. The van der Waals surface area contributed by atoms with Gasteiger partial charge in [-0.1, -0.05) is 51.1 Å². The number of unbranched alkanes of at least 4 members (excludes halogenated alkanes) is 1. The largest absolute Gasteiger partial charge is 0.481 e. The van der Waals surface area contributed by atoms with Crippen LogP contribution in [0.15, 0.2) is 24.8 Å². The molecule has 2 aromatic rings. The number of hydrogen-bond acceptors (Lipinski definition) is 19. The fourth-order valence-electron chi connectivity index (χ4n) is 5.00. The monoisotopic (exact) mass is 943 g/mol. The number of nitrogens with zero attached hydrogens (tertiary/aromatic N) is 4. The number of phosphoric acid groups is 3. The molecule has 0 spiro atoms. The maximum absolute atomic E-state index is 14.1. The zero-order valence-corrected chi connectivity index (χ0v) is 35.4. The fourth-order valence-corrected chi connectivity index (χ4v) is 8.54. The van der Waals surface area contributed by atoms with Gasteiger partial charge in [-0.25, -0.2) is 28.6 Å². The predicted molar refractivity (Wildman–Crippen MR) is 202 cm³/mol. The lowest BCUT2D eigenvalue weighted by Gasteiger charge is -2.30. The summed E-state index contributed by atoms with van der Waals surface area (Å²) in [6.45, 7) is 1.48. The summed E-state index contributed by atoms with van der Waals surface area (Å²) in [7, 11) is -16.5. The summed E-state index contributed by atoms with van der Waals surface area (Å²) in [5.74, 6) is -6.12. The maximum Gasteiger partial charge on any atom is 0.481 e. The van der Waals surface area contributed by atoms with Gasteiger partial charge in [0.1, 0.15) is 42.4 Å². The minimum Gasteiger partial charge on any atom is -0.386 e. The van der Waals surface area contributed by atoms with Gasteiger partial charge >= 0.3 is 29.4 Å². The Bertz CT molecular complexity index is 1990. The van der Waals surface area contributed by atoms with Gasteiger partial charge in [0, 0.05) is 30.7 Å². The van der Waals surface area contributed by atoms with E-state index in [9.17, 15) is 71.8 Å². The van der Waals surface area contributed by atoms with Crippen molar-refractivity contribution in [3.63, 3.8) is 0 Å². The number of rotatable bonds is 24. The van der Waals surface area contributed by atoms with Gasteiger partial charge in [-0.3, -0.25) is 32.5 Å². The molecule has 0 saturated carbocycles. The molecule has 60 heavy (non-hydrogen) atoms. The summed E-state index contributed by atoms with van der Waals surface area (Å²) in [4.78, 5) is 87.4. The molecule has 8 atom stereocenters. The van der Waals surface area contributed by atoms with E-state index < -0.39 is 102 Å². The first-order valence-corrected chi connectivity index (χ1v) is 23.0. The molecule has 0 aromatic carbocycles. The summed E-state index contributed by atoms with van der Waals surface area (Å²) in [5.41, 5.74) is 4.12. The van der Waals surface area contributed by atoms with E-state index in [2.05, 4.69) is 34.4 Å². The number of aliphatic hydroxyl groups is 3. The Hall–Kier alpha value is -2.88. The number of amides is 2. The molecule has 1 aliphatic heterocycles. The highest BCUT2D eigenvalue weighted by molar-refractivity contribution is 8.13. The second-order valence-corrected chi connectivity index (χ2v) is 18.8. The minimum atomic E-state index is -5.62. The molecule has 1 saturated heterocycles. The topological polar surface area (TPSA) is 384 Å². The molecule has 0 bridgehead atoms. The van der Waals surface area contributed by atoms with Crippen LogP contribution in [0.2, 0.25) is 0 Å². The number of nitrogens with one attached hydrogen (secondary N) is 2. The van der Waals surface area contributed by atoms with Crippen molar-refractivity contribution in [3.8, 4) is 0 Å². The molecule has 1 fully saturated rings. The van der Waals surface area contributed by atoms with Crippen LogP contribution >= 0.6 is 35.2 Å². The molecular formula is C29H46F2N7O18P3S. The highest BCUT2D eigenvalue weighted by Crippen LogP contribution is 2.61.